The third-order valence-electron chi connectivity index (χ3n) is 4.31. The fraction of sp³-hybridized carbons (Fsp3) is 0.0952. The van der Waals surface area contributed by atoms with E-state index in [4.69, 9.17) is 0 Å². The normalized spacial score (nSPS) is 10.8. The molecule has 0 aliphatic heterocycles. The Morgan fingerprint density at radius 1 is 0.963 bits per heavy atom. The molecule has 134 valence electrons. The molecule has 27 heavy (non-hydrogen) atoms. The lowest BCUT2D eigenvalue weighted by Crippen LogP contribution is -1.99. The molecule has 6 heteroatoms. The SMILES string of the molecule is Cc1ccccc1Nc1nccc(-c2cn(-c3ccc(F)cc3)nc2C)n1. The highest BCUT2D eigenvalue weighted by molar-refractivity contribution is 5.64. The number of rotatable bonds is 4. The Balaban J connectivity index is 1.66. The van der Waals surface area contributed by atoms with E-state index >= 15 is 0 Å². The van der Waals surface area contributed by atoms with Crippen molar-refractivity contribution in [3.63, 3.8) is 0 Å². The van der Waals surface area contributed by atoms with Gasteiger partial charge in [-0.1, -0.05) is 18.2 Å². The van der Waals surface area contributed by atoms with Gasteiger partial charge in [-0.15, -0.1) is 0 Å². The number of anilines is 2. The monoisotopic (exact) mass is 359 g/mol. The summed E-state index contributed by atoms with van der Waals surface area (Å²) in [6.45, 7) is 3.95. The molecule has 0 fully saturated rings. The Labute approximate surface area is 156 Å². The van der Waals surface area contributed by atoms with E-state index < -0.39 is 0 Å². The molecule has 0 radical (unpaired) electrons. The van der Waals surface area contributed by atoms with Crippen LogP contribution in [0.1, 0.15) is 11.3 Å². The largest absolute Gasteiger partial charge is 0.324 e. The van der Waals surface area contributed by atoms with Gasteiger partial charge in [0.25, 0.3) is 0 Å². The molecule has 0 aliphatic rings. The molecule has 2 heterocycles. The quantitative estimate of drug-likeness (QED) is 0.567. The van der Waals surface area contributed by atoms with E-state index in [1.807, 2.05) is 50.4 Å². The number of hydrogen-bond donors (Lipinski definition) is 1. The molecule has 0 atom stereocenters. The van der Waals surface area contributed by atoms with Crippen molar-refractivity contribution in [1.29, 1.82) is 0 Å². The van der Waals surface area contributed by atoms with Crippen molar-refractivity contribution in [1.82, 2.24) is 19.7 Å². The second kappa shape index (κ2) is 6.99. The summed E-state index contributed by atoms with van der Waals surface area (Å²) >= 11 is 0. The number of nitrogens with zero attached hydrogens (tertiary/aromatic N) is 4. The van der Waals surface area contributed by atoms with Crippen LogP contribution in [-0.4, -0.2) is 19.7 Å². The Morgan fingerprint density at radius 3 is 2.52 bits per heavy atom. The van der Waals surface area contributed by atoms with Gasteiger partial charge in [-0.05, 0) is 55.8 Å². The molecule has 0 bridgehead atoms. The third kappa shape index (κ3) is 3.55. The maximum atomic E-state index is 13.2. The van der Waals surface area contributed by atoms with Crippen LogP contribution in [0.25, 0.3) is 16.9 Å². The molecule has 0 amide bonds. The van der Waals surface area contributed by atoms with Gasteiger partial charge in [-0.2, -0.15) is 5.10 Å². The van der Waals surface area contributed by atoms with Gasteiger partial charge < -0.3 is 5.32 Å². The maximum absolute atomic E-state index is 13.2. The highest BCUT2D eigenvalue weighted by Crippen LogP contribution is 2.24. The zero-order valence-electron chi connectivity index (χ0n) is 15.0. The Morgan fingerprint density at radius 2 is 1.74 bits per heavy atom. The lowest BCUT2D eigenvalue weighted by molar-refractivity contribution is 0.627. The lowest BCUT2D eigenvalue weighted by atomic mass is 10.2. The van der Waals surface area contributed by atoms with E-state index in [2.05, 4.69) is 20.4 Å². The van der Waals surface area contributed by atoms with Crippen LogP contribution < -0.4 is 5.32 Å². The molecule has 4 rings (SSSR count). The van der Waals surface area contributed by atoms with Gasteiger partial charge in [0.05, 0.1) is 17.1 Å². The van der Waals surface area contributed by atoms with Gasteiger partial charge in [-0.25, -0.2) is 19.0 Å². The van der Waals surface area contributed by atoms with Gasteiger partial charge in [-0.3, -0.25) is 0 Å². The number of aryl methyl sites for hydroxylation is 2. The molecule has 2 aromatic carbocycles. The van der Waals surface area contributed by atoms with Crippen molar-refractivity contribution in [2.75, 3.05) is 5.32 Å². The molecule has 4 aromatic rings. The van der Waals surface area contributed by atoms with E-state index in [9.17, 15) is 4.39 Å². The van der Waals surface area contributed by atoms with Crippen molar-refractivity contribution < 1.29 is 4.39 Å². The molecule has 5 nitrogen and oxygen atoms in total. The summed E-state index contributed by atoms with van der Waals surface area (Å²) in [5.41, 5.74) is 5.37. The number of aromatic nitrogens is 4. The summed E-state index contributed by atoms with van der Waals surface area (Å²) in [5.74, 6) is 0.251. The molecule has 2 aromatic heterocycles. The van der Waals surface area contributed by atoms with Crippen molar-refractivity contribution in [2.45, 2.75) is 13.8 Å². The summed E-state index contributed by atoms with van der Waals surface area (Å²) in [4.78, 5) is 8.94. The first-order valence-corrected chi connectivity index (χ1v) is 8.58. The zero-order valence-corrected chi connectivity index (χ0v) is 15.0. The molecule has 0 aliphatic carbocycles. The van der Waals surface area contributed by atoms with Crippen LogP contribution in [0.4, 0.5) is 16.0 Å². The van der Waals surface area contributed by atoms with Crippen molar-refractivity contribution in [3.8, 4) is 16.9 Å². The fourth-order valence-corrected chi connectivity index (χ4v) is 2.84. The van der Waals surface area contributed by atoms with Crippen LogP contribution in [-0.2, 0) is 0 Å². The Kier molecular flexibility index (Phi) is 4.38. The third-order valence-corrected chi connectivity index (χ3v) is 4.31. The van der Waals surface area contributed by atoms with Crippen molar-refractivity contribution in [2.24, 2.45) is 0 Å². The molecule has 0 saturated heterocycles. The first kappa shape index (κ1) is 16.9. The minimum absolute atomic E-state index is 0.273. The Bertz CT molecular complexity index is 1090. The Hall–Kier alpha value is -3.54. The molecular weight excluding hydrogens is 341 g/mol. The van der Waals surface area contributed by atoms with E-state index in [0.717, 1.165) is 33.9 Å². The van der Waals surface area contributed by atoms with Gasteiger partial charge in [0.2, 0.25) is 5.95 Å². The van der Waals surface area contributed by atoms with Gasteiger partial charge in [0.1, 0.15) is 5.82 Å². The van der Waals surface area contributed by atoms with Crippen molar-refractivity contribution >= 4 is 11.6 Å². The van der Waals surface area contributed by atoms with Gasteiger partial charge in [0.15, 0.2) is 0 Å². The first-order chi connectivity index (χ1) is 13.1. The minimum atomic E-state index is -0.273. The average Bonchev–Trinajstić information content (AvgIpc) is 3.06. The maximum Gasteiger partial charge on any atom is 0.227 e. The number of nitrogens with one attached hydrogen (secondary N) is 1. The number of benzene rings is 2. The fourth-order valence-electron chi connectivity index (χ4n) is 2.84. The molecule has 0 saturated carbocycles. The van der Waals surface area contributed by atoms with Gasteiger partial charge >= 0.3 is 0 Å². The van der Waals surface area contributed by atoms with E-state index in [1.54, 1.807) is 23.0 Å². The molecule has 1 N–H and O–H groups in total. The van der Waals surface area contributed by atoms with Crippen LogP contribution in [0, 0.1) is 19.7 Å². The second-order valence-electron chi connectivity index (χ2n) is 6.25. The van der Waals surface area contributed by atoms with E-state index in [1.165, 1.54) is 12.1 Å². The smallest absolute Gasteiger partial charge is 0.227 e. The van der Waals surface area contributed by atoms with Crippen LogP contribution in [0.2, 0.25) is 0 Å². The van der Waals surface area contributed by atoms with Crippen LogP contribution in [0.15, 0.2) is 67.0 Å². The summed E-state index contributed by atoms with van der Waals surface area (Å²) in [7, 11) is 0. The van der Waals surface area contributed by atoms with E-state index in [-0.39, 0.29) is 5.82 Å². The summed E-state index contributed by atoms with van der Waals surface area (Å²) in [5, 5.41) is 7.78. The van der Waals surface area contributed by atoms with Gasteiger partial charge in [0, 0.05) is 23.6 Å². The molecule has 0 spiro atoms. The highest BCUT2D eigenvalue weighted by atomic mass is 19.1. The zero-order chi connectivity index (χ0) is 18.8. The van der Waals surface area contributed by atoms with Crippen molar-refractivity contribution in [3.05, 3.63) is 84.1 Å². The lowest BCUT2D eigenvalue weighted by Gasteiger charge is -2.08. The summed E-state index contributed by atoms with van der Waals surface area (Å²) in [6.07, 6.45) is 3.61. The average molecular weight is 359 g/mol. The number of hydrogen-bond acceptors (Lipinski definition) is 4. The number of halogens is 1. The topological polar surface area (TPSA) is 55.6 Å². The minimum Gasteiger partial charge on any atom is -0.324 e. The second-order valence-corrected chi connectivity index (χ2v) is 6.25. The summed E-state index contributed by atoms with van der Waals surface area (Å²) < 4.78 is 14.9. The van der Waals surface area contributed by atoms with E-state index in [0.29, 0.717) is 5.95 Å². The predicted octanol–water partition coefficient (Wildman–Crippen LogP) is 4.83. The highest BCUT2D eigenvalue weighted by Gasteiger charge is 2.11. The standard InChI is InChI=1S/C21H18FN5/c1-14-5-3-4-6-19(14)24-21-23-12-11-20(25-21)18-13-27(26-15(18)2)17-9-7-16(22)8-10-17/h3-13H,1-2H3,(H,23,24,25). The summed E-state index contributed by atoms with van der Waals surface area (Å²) in [6, 6.07) is 16.0. The first-order valence-electron chi connectivity index (χ1n) is 8.58. The number of para-hydroxylation sites is 1. The van der Waals surface area contributed by atoms with Crippen LogP contribution in [0.5, 0.6) is 0 Å². The van der Waals surface area contributed by atoms with Crippen LogP contribution in [0.3, 0.4) is 0 Å². The molecule has 0 unspecified atom stereocenters. The van der Waals surface area contributed by atoms with Crippen LogP contribution >= 0.6 is 0 Å². The molecular formula is C21H18FN5. The predicted molar refractivity (Wildman–Crippen MR) is 104 cm³/mol.